The minimum absolute atomic E-state index is 0.400. The summed E-state index contributed by atoms with van der Waals surface area (Å²) in [6.45, 7) is 2.45. The molecule has 0 spiro atoms. The Morgan fingerprint density at radius 1 is 0.909 bits per heavy atom. The highest BCUT2D eigenvalue weighted by atomic mass is 16.3. The van der Waals surface area contributed by atoms with Gasteiger partial charge in [-0.05, 0) is 42.2 Å². The number of phenolic OH excluding ortho intramolecular Hbond substituents is 1. The van der Waals surface area contributed by atoms with Crippen molar-refractivity contribution < 1.29 is 9.59 Å². The average Bonchev–Trinajstić information content (AvgIpc) is 2.73. The third-order valence-electron chi connectivity index (χ3n) is 5.62. The smallest absolute Gasteiger partial charge is 0.141 e. The number of hydrogen-bond acceptors (Lipinski definition) is 1. The lowest BCUT2D eigenvalue weighted by Gasteiger charge is -2.40. The predicted molar refractivity (Wildman–Crippen MR) is 89.0 cm³/mol. The largest absolute Gasteiger partial charge is 0.508 e. The van der Waals surface area contributed by atoms with Crippen molar-refractivity contribution >= 4 is 0 Å². The Labute approximate surface area is 132 Å². The predicted octanol–water partition coefficient (Wildman–Crippen LogP) is 3.82. The van der Waals surface area contributed by atoms with E-state index in [0.717, 1.165) is 10.9 Å². The molecule has 0 fully saturated rings. The molecule has 0 saturated heterocycles. The van der Waals surface area contributed by atoms with Crippen LogP contribution in [0.2, 0.25) is 0 Å². The summed E-state index contributed by atoms with van der Waals surface area (Å²) < 4.78 is 1.11. The molecule has 2 aromatic carbocycles. The zero-order chi connectivity index (χ0) is 15.2. The summed E-state index contributed by atoms with van der Waals surface area (Å²) in [5.74, 6) is 0.400. The Morgan fingerprint density at radius 3 is 2.41 bits per heavy atom. The van der Waals surface area contributed by atoms with Gasteiger partial charge in [0.1, 0.15) is 11.8 Å². The van der Waals surface area contributed by atoms with Gasteiger partial charge >= 0.3 is 0 Å². The van der Waals surface area contributed by atoms with Crippen molar-refractivity contribution in [3.63, 3.8) is 0 Å². The zero-order valence-electron chi connectivity index (χ0n) is 13.3. The second kappa shape index (κ2) is 5.13. The Kier molecular flexibility index (Phi) is 3.23. The van der Waals surface area contributed by atoms with Crippen LogP contribution in [0, 0.1) is 0 Å². The first-order valence-corrected chi connectivity index (χ1v) is 8.41. The van der Waals surface area contributed by atoms with E-state index in [9.17, 15) is 5.11 Å². The quantitative estimate of drug-likeness (QED) is 0.732. The van der Waals surface area contributed by atoms with Crippen LogP contribution in [0.1, 0.15) is 41.1 Å². The first-order chi connectivity index (χ1) is 10.7. The molecule has 2 heterocycles. The van der Waals surface area contributed by atoms with E-state index in [1.54, 1.807) is 0 Å². The fourth-order valence-electron chi connectivity index (χ4n) is 4.57. The highest BCUT2D eigenvalue weighted by molar-refractivity contribution is 5.43. The van der Waals surface area contributed by atoms with Gasteiger partial charge in [0.25, 0.3) is 0 Å². The highest BCUT2D eigenvalue weighted by Crippen LogP contribution is 2.42. The number of quaternary nitrogens is 1. The van der Waals surface area contributed by atoms with Crippen molar-refractivity contribution in [2.75, 3.05) is 20.1 Å². The van der Waals surface area contributed by atoms with Gasteiger partial charge in [-0.2, -0.15) is 0 Å². The summed E-state index contributed by atoms with van der Waals surface area (Å²) in [6.07, 6.45) is 4.73. The first-order valence-electron chi connectivity index (χ1n) is 8.41. The molecular weight excluding hydrogens is 270 g/mol. The molecule has 2 heteroatoms. The lowest BCUT2D eigenvalue weighted by atomic mass is 9.89. The third kappa shape index (κ3) is 2.14. The van der Waals surface area contributed by atoms with E-state index in [2.05, 4.69) is 37.4 Å². The van der Waals surface area contributed by atoms with E-state index in [1.807, 2.05) is 12.1 Å². The van der Waals surface area contributed by atoms with E-state index in [1.165, 1.54) is 54.6 Å². The SMILES string of the molecule is C[N+]12CCCc3ccccc3C1c1ccc(O)cc1CCC2. The van der Waals surface area contributed by atoms with Crippen LogP contribution in [0.5, 0.6) is 5.75 Å². The Morgan fingerprint density at radius 2 is 1.59 bits per heavy atom. The summed E-state index contributed by atoms with van der Waals surface area (Å²) in [4.78, 5) is 0. The van der Waals surface area contributed by atoms with Crippen molar-refractivity contribution in [2.24, 2.45) is 0 Å². The van der Waals surface area contributed by atoms with Crippen molar-refractivity contribution in [3.05, 3.63) is 64.7 Å². The van der Waals surface area contributed by atoms with E-state index in [0.29, 0.717) is 11.8 Å². The van der Waals surface area contributed by atoms with Crippen LogP contribution >= 0.6 is 0 Å². The van der Waals surface area contributed by atoms with Crippen LogP contribution in [0.4, 0.5) is 0 Å². The van der Waals surface area contributed by atoms with Crippen LogP contribution < -0.4 is 0 Å². The van der Waals surface area contributed by atoms with Gasteiger partial charge in [-0.25, -0.2) is 0 Å². The van der Waals surface area contributed by atoms with Gasteiger partial charge in [-0.15, -0.1) is 0 Å². The van der Waals surface area contributed by atoms with Gasteiger partial charge in [0.05, 0.1) is 20.1 Å². The van der Waals surface area contributed by atoms with E-state index in [4.69, 9.17) is 0 Å². The fourth-order valence-corrected chi connectivity index (χ4v) is 4.57. The molecule has 0 bridgehead atoms. The molecule has 1 N–H and O–H groups in total. The van der Waals surface area contributed by atoms with Crippen LogP contribution in [0.15, 0.2) is 42.5 Å². The molecule has 0 saturated carbocycles. The highest BCUT2D eigenvalue weighted by Gasteiger charge is 2.40. The summed E-state index contributed by atoms with van der Waals surface area (Å²) in [7, 11) is 2.43. The maximum absolute atomic E-state index is 9.89. The Balaban J connectivity index is 1.96. The van der Waals surface area contributed by atoms with Gasteiger partial charge in [-0.3, -0.25) is 0 Å². The van der Waals surface area contributed by atoms with Crippen molar-refractivity contribution in [3.8, 4) is 5.75 Å². The van der Waals surface area contributed by atoms with E-state index < -0.39 is 0 Å². The molecule has 4 rings (SSSR count). The monoisotopic (exact) mass is 294 g/mol. The maximum atomic E-state index is 9.89. The summed E-state index contributed by atoms with van der Waals surface area (Å²) in [5, 5.41) is 9.89. The normalized spacial score (nSPS) is 27.0. The fraction of sp³-hybridized carbons (Fsp3) is 0.400. The number of aryl methyl sites for hydroxylation is 2. The lowest BCUT2D eigenvalue weighted by Crippen LogP contribution is -2.47. The molecule has 2 unspecified atom stereocenters. The number of fused-ring (bicyclic) bond motifs is 5. The molecule has 22 heavy (non-hydrogen) atoms. The van der Waals surface area contributed by atoms with Gasteiger partial charge in [0.2, 0.25) is 0 Å². The van der Waals surface area contributed by atoms with Gasteiger partial charge in [-0.1, -0.05) is 24.3 Å². The Bertz CT molecular complexity index is 709. The maximum Gasteiger partial charge on any atom is 0.141 e. The second-order valence-corrected chi connectivity index (χ2v) is 7.12. The number of phenols is 1. The molecule has 2 atom stereocenters. The van der Waals surface area contributed by atoms with Crippen LogP contribution in [0.3, 0.4) is 0 Å². The number of rotatable bonds is 0. The number of nitrogens with zero attached hydrogens (tertiary/aromatic N) is 1. The molecule has 2 aromatic rings. The molecule has 0 aromatic heterocycles. The third-order valence-corrected chi connectivity index (χ3v) is 5.62. The van der Waals surface area contributed by atoms with Crippen LogP contribution in [-0.4, -0.2) is 29.7 Å². The van der Waals surface area contributed by atoms with Gasteiger partial charge in [0, 0.05) is 24.0 Å². The topological polar surface area (TPSA) is 20.2 Å². The van der Waals surface area contributed by atoms with Gasteiger partial charge in [0.15, 0.2) is 0 Å². The van der Waals surface area contributed by atoms with Crippen LogP contribution in [0.25, 0.3) is 0 Å². The van der Waals surface area contributed by atoms with Gasteiger partial charge < -0.3 is 9.59 Å². The molecule has 114 valence electrons. The Hall–Kier alpha value is -1.80. The van der Waals surface area contributed by atoms with E-state index >= 15 is 0 Å². The zero-order valence-corrected chi connectivity index (χ0v) is 13.3. The lowest BCUT2D eigenvalue weighted by molar-refractivity contribution is -0.932. The molecule has 2 aliphatic heterocycles. The van der Waals surface area contributed by atoms with E-state index in [-0.39, 0.29) is 0 Å². The summed E-state index contributed by atoms with van der Waals surface area (Å²) >= 11 is 0. The number of benzene rings is 2. The molecule has 0 aliphatic carbocycles. The first kappa shape index (κ1) is 13.8. The number of hydrogen-bond donors (Lipinski definition) is 1. The minimum atomic E-state index is 0.400. The van der Waals surface area contributed by atoms with Crippen molar-refractivity contribution in [1.29, 1.82) is 0 Å². The van der Waals surface area contributed by atoms with Crippen molar-refractivity contribution in [1.82, 2.24) is 0 Å². The molecule has 0 amide bonds. The summed E-state index contributed by atoms with van der Waals surface area (Å²) in [6, 6.07) is 15.4. The molecule has 0 radical (unpaired) electrons. The standard InChI is InChI=1S/C20H23NO/c1-21-12-4-7-15-6-2-3-9-18(15)20(21)19-11-10-17(22)14-16(19)8-5-13-21/h2-3,6,9-11,14,20H,4-5,7-8,12-13H2,1H3/p+1. The average molecular weight is 294 g/mol. The molecular formula is C20H24NO+. The molecule has 2 nitrogen and oxygen atoms in total. The second-order valence-electron chi connectivity index (χ2n) is 7.12. The minimum Gasteiger partial charge on any atom is -0.508 e. The van der Waals surface area contributed by atoms with Crippen molar-refractivity contribution in [2.45, 2.75) is 31.7 Å². The number of aromatic hydroxyl groups is 1. The molecule has 2 aliphatic rings. The van der Waals surface area contributed by atoms with Crippen LogP contribution in [-0.2, 0) is 12.8 Å². The summed E-state index contributed by atoms with van der Waals surface area (Å²) in [5.41, 5.74) is 5.77.